The molecule has 18 heavy (non-hydrogen) atoms. The first-order valence-corrected chi connectivity index (χ1v) is 6.22. The first-order valence-electron chi connectivity index (χ1n) is 6.22. The van der Waals surface area contributed by atoms with E-state index >= 15 is 0 Å². The summed E-state index contributed by atoms with van der Waals surface area (Å²) in [7, 11) is 4.16. The van der Waals surface area contributed by atoms with Crippen molar-refractivity contribution >= 4 is 0 Å². The van der Waals surface area contributed by atoms with Gasteiger partial charge in [0.2, 0.25) is 0 Å². The molecule has 0 spiro atoms. The number of nitrogens with two attached hydrogens (primary N) is 1. The van der Waals surface area contributed by atoms with Crippen molar-refractivity contribution in [2.75, 3.05) is 14.1 Å². The highest BCUT2D eigenvalue weighted by Crippen LogP contribution is 2.21. The van der Waals surface area contributed by atoms with Crippen molar-refractivity contribution < 1.29 is 0 Å². The highest BCUT2D eigenvalue weighted by molar-refractivity contribution is 5.64. The molecule has 0 aliphatic rings. The maximum atomic E-state index is 5.67. The maximum absolute atomic E-state index is 5.67. The second kappa shape index (κ2) is 5.80. The molecular formula is C16H20N2. The van der Waals surface area contributed by atoms with Crippen molar-refractivity contribution in [3.63, 3.8) is 0 Å². The van der Waals surface area contributed by atoms with Gasteiger partial charge in [0.15, 0.2) is 0 Å². The monoisotopic (exact) mass is 240 g/mol. The quantitative estimate of drug-likeness (QED) is 0.890. The van der Waals surface area contributed by atoms with Crippen LogP contribution in [0.3, 0.4) is 0 Å². The van der Waals surface area contributed by atoms with Gasteiger partial charge in [0, 0.05) is 13.1 Å². The molecule has 2 heteroatoms. The second-order valence-electron chi connectivity index (χ2n) is 4.84. The van der Waals surface area contributed by atoms with Gasteiger partial charge in [-0.25, -0.2) is 0 Å². The Morgan fingerprint density at radius 2 is 1.61 bits per heavy atom. The van der Waals surface area contributed by atoms with Crippen LogP contribution in [0.5, 0.6) is 0 Å². The van der Waals surface area contributed by atoms with Crippen LogP contribution in [-0.2, 0) is 13.1 Å². The van der Waals surface area contributed by atoms with E-state index in [0.717, 1.165) is 6.54 Å². The number of nitrogens with zero attached hydrogens (tertiary/aromatic N) is 1. The van der Waals surface area contributed by atoms with Gasteiger partial charge in [0.05, 0.1) is 0 Å². The van der Waals surface area contributed by atoms with E-state index in [4.69, 9.17) is 5.73 Å². The van der Waals surface area contributed by atoms with Gasteiger partial charge >= 0.3 is 0 Å². The highest BCUT2D eigenvalue weighted by atomic mass is 15.0. The summed E-state index contributed by atoms with van der Waals surface area (Å²) >= 11 is 0. The summed E-state index contributed by atoms with van der Waals surface area (Å²) in [4.78, 5) is 2.17. The van der Waals surface area contributed by atoms with Crippen molar-refractivity contribution in [1.82, 2.24) is 4.90 Å². The predicted molar refractivity (Wildman–Crippen MR) is 77.2 cm³/mol. The Kier molecular flexibility index (Phi) is 4.13. The minimum absolute atomic E-state index is 0.590. The third-order valence-electron chi connectivity index (χ3n) is 2.95. The molecule has 0 aromatic heterocycles. The fourth-order valence-electron chi connectivity index (χ4n) is 2.05. The maximum Gasteiger partial charge on any atom is 0.0227 e. The standard InChI is InChI=1S/C16H20N2/c1-18(2)12-13-6-8-15(9-7-13)16-5-3-4-14(10-16)11-17/h3-10H,11-12,17H2,1-2H3. The van der Waals surface area contributed by atoms with Crippen molar-refractivity contribution in [3.8, 4) is 11.1 Å². The molecule has 0 heterocycles. The van der Waals surface area contributed by atoms with Gasteiger partial charge in [0.25, 0.3) is 0 Å². The normalized spacial score (nSPS) is 10.9. The van der Waals surface area contributed by atoms with Gasteiger partial charge in [0.1, 0.15) is 0 Å². The van der Waals surface area contributed by atoms with Crippen LogP contribution in [-0.4, -0.2) is 19.0 Å². The lowest BCUT2D eigenvalue weighted by atomic mass is 10.0. The number of hydrogen-bond donors (Lipinski definition) is 1. The van der Waals surface area contributed by atoms with E-state index in [2.05, 4.69) is 67.5 Å². The van der Waals surface area contributed by atoms with E-state index in [0.29, 0.717) is 6.54 Å². The first-order chi connectivity index (χ1) is 8.69. The van der Waals surface area contributed by atoms with E-state index in [1.807, 2.05) is 0 Å². The minimum Gasteiger partial charge on any atom is -0.326 e. The van der Waals surface area contributed by atoms with Crippen LogP contribution in [0.15, 0.2) is 48.5 Å². The largest absolute Gasteiger partial charge is 0.326 e. The molecule has 0 aliphatic carbocycles. The molecule has 0 bridgehead atoms. The number of benzene rings is 2. The average molecular weight is 240 g/mol. The predicted octanol–water partition coefficient (Wildman–Crippen LogP) is 2.87. The van der Waals surface area contributed by atoms with E-state index in [1.165, 1.54) is 22.3 Å². The van der Waals surface area contributed by atoms with Crippen LogP contribution in [0.4, 0.5) is 0 Å². The van der Waals surface area contributed by atoms with Gasteiger partial charge < -0.3 is 10.6 Å². The molecule has 0 saturated heterocycles. The van der Waals surface area contributed by atoms with Crippen LogP contribution in [0.25, 0.3) is 11.1 Å². The molecule has 0 saturated carbocycles. The molecule has 2 aromatic carbocycles. The van der Waals surface area contributed by atoms with Crippen LogP contribution in [0, 0.1) is 0 Å². The molecule has 2 aromatic rings. The zero-order valence-corrected chi connectivity index (χ0v) is 11.1. The van der Waals surface area contributed by atoms with Gasteiger partial charge in [-0.2, -0.15) is 0 Å². The fourth-order valence-corrected chi connectivity index (χ4v) is 2.05. The van der Waals surface area contributed by atoms with E-state index < -0.39 is 0 Å². The summed E-state index contributed by atoms with van der Waals surface area (Å²) in [5.41, 5.74) is 10.6. The molecule has 94 valence electrons. The molecular weight excluding hydrogens is 220 g/mol. The summed E-state index contributed by atoms with van der Waals surface area (Å²) in [6.07, 6.45) is 0. The van der Waals surface area contributed by atoms with Crippen molar-refractivity contribution in [2.24, 2.45) is 5.73 Å². The van der Waals surface area contributed by atoms with Gasteiger partial charge in [-0.05, 0) is 42.4 Å². The molecule has 0 aliphatic heterocycles. The van der Waals surface area contributed by atoms with Crippen LogP contribution in [0.1, 0.15) is 11.1 Å². The summed E-state index contributed by atoms with van der Waals surface area (Å²) in [5, 5.41) is 0. The zero-order valence-electron chi connectivity index (χ0n) is 11.1. The minimum atomic E-state index is 0.590. The molecule has 2 rings (SSSR count). The summed E-state index contributed by atoms with van der Waals surface area (Å²) < 4.78 is 0. The Morgan fingerprint density at radius 1 is 0.889 bits per heavy atom. The van der Waals surface area contributed by atoms with Crippen LogP contribution in [0.2, 0.25) is 0 Å². The lowest BCUT2D eigenvalue weighted by Gasteiger charge is -2.10. The average Bonchev–Trinajstić information content (AvgIpc) is 2.39. The fraction of sp³-hybridized carbons (Fsp3) is 0.250. The van der Waals surface area contributed by atoms with E-state index in [9.17, 15) is 0 Å². The molecule has 0 radical (unpaired) electrons. The highest BCUT2D eigenvalue weighted by Gasteiger charge is 2.00. The smallest absolute Gasteiger partial charge is 0.0227 e. The van der Waals surface area contributed by atoms with Crippen LogP contribution >= 0.6 is 0 Å². The number of rotatable bonds is 4. The molecule has 0 atom stereocenters. The summed E-state index contributed by atoms with van der Waals surface area (Å²) in [6, 6.07) is 17.1. The first kappa shape index (κ1) is 12.8. The van der Waals surface area contributed by atoms with Crippen molar-refractivity contribution in [2.45, 2.75) is 13.1 Å². The van der Waals surface area contributed by atoms with Gasteiger partial charge in [-0.3, -0.25) is 0 Å². The lowest BCUT2D eigenvalue weighted by Crippen LogP contribution is -2.10. The number of hydrogen-bond acceptors (Lipinski definition) is 2. The van der Waals surface area contributed by atoms with E-state index in [-0.39, 0.29) is 0 Å². The molecule has 2 nitrogen and oxygen atoms in total. The van der Waals surface area contributed by atoms with Gasteiger partial charge in [-0.1, -0.05) is 42.5 Å². The Balaban J connectivity index is 2.22. The zero-order chi connectivity index (χ0) is 13.0. The Hall–Kier alpha value is -1.64. The Morgan fingerprint density at radius 3 is 2.22 bits per heavy atom. The second-order valence-corrected chi connectivity index (χ2v) is 4.84. The molecule has 2 N–H and O–H groups in total. The van der Waals surface area contributed by atoms with Crippen LogP contribution < -0.4 is 5.73 Å². The Bertz CT molecular complexity index is 501. The van der Waals surface area contributed by atoms with Crippen molar-refractivity contribution in [1.29, 1.82) is 0 Å². The van der Waals surface area contributed by atoms with Crippen molar-refractivity contribution in [3.05, 3.63) is 59.7 Å². The molecule has 0 amide bonds. The van der Waals surface area contributed by atoms with E-state index in [1.54, 1.807) is 0 Å². The topological polar surface area (TPSA) is 29.3 Å². The Labute approximate surface area is 109 Å². The SMILES string of the molecule is CN(C)Cc1ccc(-c2cccc(CN)c2)cc1. The third kappa shape index (κ3) is 3.19. The molecule has 0 fully saturated rings. The van der Waals surface area contributed by atoms with Gasteiger partial charge in [-0.15, -0.1) is 0 Å². The summed E-state index contributed by atoms with van der Waals surface area (Å²) in [5.74, 6) is 0. The summed E-state index contributed by atoms with van der Waals surface area (Å²) in [6.45, 7) is 1.57. The lowest BCUT2D eigenvalue weighted by molar-refractivity contribution is 0.402. The molecule has 0 unspecified atom stereocenters. The third-order valence-corrected chi connectivity index (χ3v) is 2.95.